The van der Waals surface area contributed by atoms with Crippen LogP contribution in [0.25, 0.3) is 11.0 Å². The SMILES string of the molecule is CCOC(=O)Cc1ccc(CC)cc1OCc1c(C)oc2ccc(Br)cc12. The van der Waals surface area contributed by atoms with Crippen LogP contribution in [0.15, 0.2) is 45.3 Å². The first-order chi connectivity index (χ1) is 13.0. The Morgan fingerprint density at radius 2 is 1.96 bits per heavy atom. The number of furan rings is 1. The minimum Gasteiger partial charge on any atom is -0.488 e. The van der Waals surface area contributed by atoms with Crippen molar-refractivity contribution in [3.63, 3.8) is 0 Å². The van der Waals surface area contributed by atoms with Gasteiger partial charge >= 0.3 is 5.97 Å². The van der Waals surface area contributed by atoms with Gasteiger partial charge in [0.2, 0.25) is 0 Å². The molecule has 0 spiro atoms. The second kappa shape index (κ2) is 8.61. The van der Waals surface area contributed by atoms with E-state index in [4.69, 9.17) is 13.9 Å². The molecule has 1 aromatic heterocycles. The zero-order valence-corrected chi connectivity index (χ0v) is 17.4. The summed E-state index contributed by atoms with van der Waals surface area (Å²) in [5.41, 5.74) is 3.84. The van der Waals surface area contributed by atoms with Gasteiger partial charge in [-0.15, -0.1) is 0 Å². The van der Waals surface area contributed by atoms with E-state index in [2.05, 4.69) is 22.9 Å². The number of aryl methyl sites for hydroxylation is 2. The molecule has 0 fully saturated rings. The van der Waals surface area contributed by atoms with E-state index in [0.29, 0.717) is 19.0 Å². The molecule has 3 aromatic rings. The normalized spacial score (nSPS) is 11.0. The molecule has 0 saturated heterocycles. The molecule has 1 heterocycles. The Balaban J connectivity index is 1.87. The first-order valence-corrected chi connectivity index (χ1v) is 9.88. The van der Waals surface area contributed by atoms with Crippen molar-refractivity contribution in [3.8, 4) is 5.75 Å². The summed E-state index contributed by atoms with van der Waals surface area (Å²) in [6.45, 7) is 6.58. The van der Waals surface area contributed by atoms with E-state index in [1.165, 1.54) is 0 Å². The lowest BCUT2D eigenvalue weighted by Gasteiger charge is -2.13. The summed E-state index contributed by atoms with van der Waals surface area (Å²) in [5.74, 6) is 1.30. The third kappa shape index (κ3) is 4.53. The lowest BCUT2D eigenvalue weighted by molar-refractivity contribution is -0.142. The van der Waals surface area contributed by atoms with Gasteiger partial charge in [0.25, 0.3) is 0 Å². The minimum atomic E-state index is -0.250. The predicted octanol–water partition coefficient (Wildman–Crippen LogP) is 5.75. The number of benzene rings is 2. The van der Waals surface area contributed by atoms with Crippen LogP contribution in [0.4, 0.5) is 0 Å². The first-order valence-electron chi connectivity index (χ1n) is 9.09. The van der Waals surface area contributed by atoms with Gasteiger partial charge in [0.05, 0.1) is 13.0 Å². The molecule has 0 amide bonds. The number of hydrogen-bond acceptors (Lipinski definition) is 4. The lowest BCUT2D eigenvalue weighted by Crippen LogP contribution is -2.09. The zero-order valence-electron chi connectivity index (χ0n) is 15.8. The van der Waals surface area contributed by atoms with Crippen molar-refractivity contribution in [2.45, 2.75) is 40.2 Å². The van der Waals surface area contributed by atoms with Gasteiger partial charge in [0.15, 0.2) is 0 Å². The molecular formula is C22H23BrO4. The molecule has 0 saturated carbocycles. The number of fused-ring (bicyclic) bond motifs is 1. The van der Waals surface area contributed by atoms with Crippen LogP contribution in [0, 0.1) is 6.92 Å². The molecule has 2 aromatic carbocycles. The highest BCUT2D eigenvalue weighted by atomic mass is 79.9. The highest BCUT2D eigenvalue weighted by molar-refractivity contribution is 9.10. The van der Waals surface area contributed by atoms with Crippen LogP contribution in [0.2, 0.25) is 0 Å². The second-order valence-electron chi connectivity index (χ2n) is 6.34. The molecule has 0 bridgehead atoms. The summed E-state index contributed by atoms with van der Waals surface area (Å²) in [6.07, 6.45) is 1.10. The van der Waals surface area contributed by atoms with Crippen molar-refractivity contribution in [3.05, 3.63) is 63.3 Å². The van der Waals surface area contributed by atoms with Crippen molar-refractivity contribution in [1.29, 1.82) is 0 Å². The Labute approximate surface area is 167 Å². The molecule has 3 rings (SSSR count). The van der Waals surface area contributed by atoms with Gasteiger partial charge in [0, 0.05) is 21.0 Å². The molecule has 0 unspecified atom stereocenters. The quantitative estimate of drug-likeness (QED) is 0.447. The first kappa shape index (κ1) is 19.5. The smallest absolute Gasteiger partial charge is 0.310 e. The van der Waals surface area contributed by atoms with Crippen molar-refractivity contribution in [2.75, 3.05) is 6.61 Å². The van der Waals surface area contributed by atoms with Crippen molar-refractivity contribution in [1.82, 2.24) is 0 Å². The van der Waals surface area contributed by atoms with Crippen molar-refractivity contribution in [2.24, 2.45) is 0 Å². The fourth-order valence-corrected chi connectivity index (χ4v) is 3.40. The average Bonchev–Trinajstić information content (AvgIpc) is 2.95. The van der Waals surface area contributed by atoms with Crippen molar-refractivity contribution < 1.29 is 18.7 Å². The minimum absolute atomic E-state index is 0.198. The monoisotopic (exact) mass is 430 g/mol. The molecule has 0 radical (unpaired) electrons. The van der Waals surface area contributed by atoms with E-state index in [-0.39, 0.29) is 12.4 Å². The van der Waals surface area contributed by atoms with Crippen molar-refractivity contribution >= 4 is 32.9 Å². The Kier molecular flexibility index (Phi) is 6.22. The summed E-state index contributed by atoms with van der Waals surface area (Å²) < 4.78 is 18.1. The third-order valence-corrected chi connectivity index (χ3v) is 5.00. The number of hydrogen-bond donors (Lipinski definition) is 0. The molecule has 0 aliphatic carbocycles. The van der Waals surface area contributed by atoms with Gasteiger partial charge in [-0.25, -0.2) is 0 Å². The maximum atomic E-state index is 11.9. The van der Waals surface area contributed by atoms with Crippen LogP contribution in [-0.2, 0) is 29.0 Å². The van der Waals surface area contributed by atoms with E-state index in [0.717, 1.165) is 44.3 Å². The molecule has 0 atom stereocenters. The zero-order chi connectivity index (χ0) is 19.4. The molecule has 142 valence electrons. The predicted molar refractivity (Wildman–Crippen MR) is 109 cm³/mol. The van der Waals surface area contributed by atoms with Gasteiger partial charge in [-0.3, -0.25) is 4.79 Å². The maximum absolute atomic E-state index is 11.9. The summed E-state index contributed by atoms with van der Waals surface area (Å²) in [5, 5.41) is 1.03. The summed E-state index contributed by atoms with van der Waals surface area (Å²) in [6, 6.07) is 11.9. The van der Waals surface area contributed by atoms with Gasteiger partial charge in [-0.05, 0) is 50.1 Å². The Hall–Kier alpha value is -2.27. The van der Waals surface area contributed by atoms with Gasteiger partial charge < -0.3 is 13.9 Å². The van der Waals surface area contributed by atoms with Crippen LogP contribution < -0.4 is 4.74 Å². The fraction of sp³-hybridized carbons (Fsp3) is 0.318. The number of ether oxygens (including phenoxy) is 2. The highest BCUT2D eigenvalue weighted by Gasteiger charge is 2.15. The molecule has 0 aliphatic rings. The molecule has 0 aliphatic heterocycles. The molecular weight excluding hydrogens is 408 g/mol. The number of rotatable bonds is 7. The van der Waals surface area contributed by atoms with E-state index in [1.54, 1.807) is 6.92 Å². The molecule has 27 heavy (non-hydrogen) atoms. The van der Waals surface area contributed by atoms with E-state index >= 15 is 0 Å². The van der Waals surface area contributed by atoms with E-state index in [1.807, 2.05) is 43.3 Å². The molecule has 0 N–H and O–H groups in total. The summed E-state index contributed by atoms with van der Waals surface area (Å²) in [4.78, 5) is 11.9. The van der Waals surface area contributed by atoms with Crippen LogP contribution in [-0.4, -0.2) is 12.6 Å². The summed E-state index contributed by atoms with van der Waals surface area (Å²) in [7, 11) is 0. The van der Waals surface area contributed by atoms with E-state index in [9.17, 15) is 4.79 Å². The largest absolute Gasteiger partial charge is 0.488 e. The Morgan fingerprint density at radius 1 is 1.15 bits per heavy atom. The average molecular weight is 431 g/mol. The highest BCUT2D eigenvalue weighted by Crippen LogP contribution is 2.30. The standard InChI is InChI=1S/C22H23BrO4/c1-4-15-6-7-16(11-22(24)25-5-2)21(10-15)26-13-19-14(3)27-20-9-8-17(23)12-18(19)20/h6-10,12H,4-5,11,13H2,1-3H3. The van der Waals surface area contributed by atoms with Gasteiger partial charge in [-0.1, -0.05) is 35.0 Å². The number of carbonyl (C=O) groups excluding carboxylic acids is 1. The lowest BCUT2D eigenvalue weighted by atomic mass is 10.1. The van der Waals surface area contributed by atoms with Gasteiger partial charge in [-0.2, -0.15) is 0 Å². The summed E-state index contributed by atoms with van der Waals surface area (Å²) >= 11 is 3.51. The fourth-order valence-electron chi connectivity index (χ4n) is 3.04. The van der Waals surface area contributed by atoms with E-state index < -0.39 is 0 Å². The molecule has 4 nitrogen and oxygen atoms in total. The van der Waals surface area contributed by atoms with Crippen LogP contribution in [0.3, 0.4) is 0 Å². The second-order valence-corrected chi connectivity index (χ2v) is 7.26. The van der Waals surface area contributed by atoms with Crippen LogP contribution in [0.1, 0.15) is 36.3 Å². The topological polar surface area (TPSA) is 48.7 Å². The number of halogens is 1. The molecule has 5 heteroatoms. The van der Waals surface area contributed by atoms with Crippen LogP contribution in [0.5, 0.6) is 5.75 Å². The van der Waals surface area contributed by atoms with Gasteiger partial charge in [0.1, 0.15) is 23.7 Å². The number of carbonyl (C=O) groups is 1. The Bertz CT molecular complexity index is 958. The number of esters is 1. The third-order valence-electron chi connectivity index (χ3n) is 4.51. The Morgan fingerprint density at radius 3 is 2.70 bits per heavy atom. The van der Waals surface area contributed by atoms with Crippen LogP contribution >= 0.6 is 15.9 Å². The maximum Gasteiger partial charge on any atom is 0.310 e.